The van der Waals surface area contributed by atoms with E-state index >= 15 is 0 Å². The van der Waals surface area contributed by atoms with Crippen LogP contribution in [-0.2, 0) is 0 Å². The fraction of sp³-hybridized carbons (Fsp3) is 0.0667. The van der Waals surface area contributed by atoms with Crippen LogP contribution in [0.1, 0.15) is 11.7 Å². The number of hydrogen-bond acceptors (Lipinski definition) is 4. The largest absolute Gasteiger partial charge is 0.357 e. The summed E-state index contributed by atoms with van der Waals surface area (Å²) in [7, 11) is 0. The number of halogens is 1. The highest BCUT2D eigenvalue weighted by Crippen LogP contribution is 2.28. The highest BCUT2D eigenvalue weighted by Gasteiger charge is 2.28. The fourth-order valence-corrected chi connectivity index (χ4v) is 2.48. The minimum Gasteiger partial charge on any atom is -0.357 e. The maximum Gasteiger partial charge on any atom is 0.357 e. The summed E-state index contributed by atoms with van der Waals surface area (Å²) >= 11 is 6.08. The van der Waals surface area contributed by atoms with Crippen LogP contribution in [0.3, 0.4) is 0 Å². The number of nitrogens with one attached hydrogen (secondary N) is 1. The van der Waals surface area contributed by atoms with Crippen molar-refractivity contribution in [1.82, 2.24) is 5.32 Å². The van der Waals surface area contributed by atoms with Gasteiger partial charge in [0.05, 0.1) is 0 Å². The van der Waals surface area contributed by atoms with Gasteiger partial charge in [0.2, 0.25) is 6.17 Å². The molecule has 1 atom stereocenters. The van der Waals surface area contributed by atoms with Gasteiger partial charge in [-0.1, -0.05) is 48.0 Å². The molecule has 2 aromatic rings. The second-order valence-corrected chi connectivity index (χ2v) is 5.10. The smallest absolute Gasteiger partial charge is 0.357 e. The lowest BCUT2D eigenvalue weighted by molar-refractivity contribution is -0.494. The zero-order valence-corrected chi connectivity index (χ0v) is 12.0. The monoisotopic (exact) mass is 300 g/mol. The first-order valence-corrected chi connectivity index (χ1v) is 6.85. The third kappa shape index (κ3) is 2.68. The van der Waals surface area contributed by atoms with Crippen LogP contribution in [0, 0.1) is 0 Å². The van der Waals surface area contributed by atoms with Gasteiger partial charge in [-0.2, -0.15) is 4.99 Å². The third-order valence-corrected chi connectivity index (χ3v) is 3.44. The molecule has 0 saturated heterocycles. The average Bonchev–Trinajstić information content (AvgIpc) is 2.47. The lowest BCUT2D eigenvalue weighted by Gasteiger charge is -2.22. The van der Waals surface area contributed by atoms with Crippen LogP contribution < -0.4 is 16.8 Å². The Morgan fingerprint density at radius 2 is 1.81 bits per heavy atom. The van der Waals surface area contributed by atoms with Crippen LogP contribution in [0.15, 0.2) is 59.6 Å². The summed E-state index contributed by atoms with van der Waals surface area (Å²) in [6.45, 7) is 0. The first-order valence-electron chi connectivity index (χ1n) is 6.47. The Morgan fingerprint density at radius 1 is 1.05 bits per heavy atom. The molecule has 0 bridgehead atoms. The highest BCUT2D eigenvalue weighted by molar-refractivity contribution is 6.30. The van der Waals surface area contributed by atoms with Crippen molar-refractivity contribution in [2.45, 2.75) is 6.17 Å². The zero-order chi connectivity index (χ0) is 14.8. The average molecular weight is 301 g/mol. The van der Waals surface area contributed by atoms with E-state index in [1.165, 1.54) is 0 Å². The molecular weight excluding hydrogens is 286 g/mol. The summed E-state index contributed by atoms with van der Waals surface area (Å²) in [6, 6.07) is 17.3. The Balaban J connectivity index is 2.13. The van der Waals surface area contributed by atoms with Gasteiger partial charge in [-0.3, -0.25) is 5.73 Å². The van der Waals surface area contributed by atoms with E-state index in [1.807, 2.05) is 59.2 Å². The molecule has 2 aromatic carbocycles. The topological polar surface area (TPSA) is 79.4 Å². The number of benzene rings is 2. The quantitative estimate of drug-likeness (QED) is 0.741. The van der Waals surface area contributed by atoms with Crippen molar-refractivity contribution in [3.05, 3.63) is 65.2 Å². The first kappa shape index (κ1) is 13.5. The van der Waals surface area contributed by atoms with Gasteiger partial charge in [0, 0.05) is 10.6 Å². The van der Waals surface area contributed by atoms with Crippen molar-refractivity contribution in [3.8, 4) is 0 Å². The maximum absolute atomic E-state index is 6.11. The Morgan fingerprint density at radius 3 is 2.52 bits per heavy atom. The predicted molar refractivity (Wildman–Crippen MR) is 84.5 cm³/mol. The van der Waals surface area contributed by atoms with Gasteiger partial charge in [-0.05, 0) is 18.2 Å². The Labute approximate surface area is 127 Å². The molecule has 106 valence electrons. The molecule has 21 heavy (non-hydrogen) atoms. The number of rotatable bonds is 2. The van der Waals surface area contributed by atoms with Crippen molar-refractivity contribution in [1.29, 1.82) is 0 Å². The van der Waals surface area contributed by atoms with Gasteiger partial charge < -0.3 is 5.73 Å². The molecule has 3 rings (SSSR count). The second kappa shape index (κ2) is 5.46. The lowest BCUT2D eigenvalue weighted by atomic mass is 10.1. The minimum atomic E-state index is -0.328. The molecule has 0 radical (unpaired) electrons. The SMILES string of the molecule is NC1=NC(c2ccccc2)[N+](c2cccc(Cl)c2)=C(N)N1. The van der Waals surface area contributed by atoms with Gasteiger partial charge in [-0.25, -0.2) is 9.89 Å². The van der Waals surface area contributed by atoms with Gasteiger partial charge in [0.1, 0.15) is 5.69 Å². The second-order valence-electron chi connectivity index (χ2n) is 4.66. The molecule has 1 heterocycles. The number of guanidine groups is 2. The van der Waals surface area contributed by atoms with Crippen molar-refractivity contribution >= 4 is 29.2 Å². The molecule has 0 fully saturated rings. The molecule has 0 aliphatic carbocycles. The first-order chi connectivity index (χ1) is 10.1. The summed E-state index contributed by atoms with van der Waals surface area (Å²) in [6.07, 6.45) is -0.328. The Hall–Kier alpha value is -2.53. The van der Waals surface area contributed by atoms with E-state index in [2.05, 4.69) is 10.3 Å². The van der Waals surface area contributed by atoms with Crippen molar-refractivity contribution in [2.75, 3.05) is 0 Å². The summed E-state index contributed by atoms with van der Waals surface area (Å²) in [5.74, 6) is 0.707. The predicted octanol–water partition coefficient (Wildman–Crippen LogP) is 1.92. The molecular formula is C15H15ClN5+. The van der Waals surface area contributed by atoms with Crippen LogP contribution in [-0.4, -0.2) is 16.5 Å². The van der Waals surface area contributed by atoms with Crippen LogP contribution in [0.4, 0.5) is 5.69 Å². The Bertz CT molecular complexity index is 724. The summed E-state index contributed by atoms with van der Waals surface area (Å²) in [4.78, 5) is 4.46. The van der Waals surface area contributed by atoms with E-state index in [0.717, 1.165) is 11.3 Å². The molecule has 0 saturated carbocycles. The van der Waals surface area contributed by atoms with Crippen LogP contribution in [0.2, 0.25) is 5.02 Å². The van der Waals surface area contributed by atoms with Gasteiger partial charge in [0.25, 0.3) is 5.96 Å². The van der Waals surface area contributed by atoms with E-state index < -0.39 is 0 Å². The van der Waals surface area contributed by atoms with E-state index in [4.69, 9.17) is 23.1 Å². The van der Waals surface area contributed by atoms with Crippen molar-refractivity contribution in [3.63, 3.8) is 0 Å². The molecule has 0 amide bonds. The number of nitrogens with zero attached hydrogens (tertiary/aromatic N) is 2. The lowest BCUT2D eigenvalue weighted by Crippen LogP contribution is -2.50. The molecule has 5 N–H and O–H groups in total. The summed E-state index contributed by atoms with van der Waals surface area (Å²) in [5.41, 5.74) is 13.8. The molecule has 6 heteroatoms. The van der Waals surface area contributed by atoms with Crippen LogP contribution in [0.25, 0.3) is 0 Å². The van der Waals surface area contributed by atoms with E-state index in [1.54, 1.807) is 0 Å². The molecule has 1 aliphatic rings. The normalized spacial score (nSPS) is 18.1. The molecule has 5 nitrogen and oxygen atoms in total. The highest BCUT2D eigenvalue weighted by atomic mass is 35.5. The summed E-state index contributed by atoms with van der Waals surface area (Å²) < 4.78 is 1.86. The van der Waals surface area contributed by atoms with Gasteiger partial charge >= 0.3 is 5.96 Å². The Kier molecular flexibility index (Phi) is 3.50. The van der Waals surface area contributed by atoms with Gasteiger partial charge in [-0.15, -0.1) is 0 Å². The molecule has 0 spiro atoms. The van der Waals surface area contributed by atoms with E-state index in [9.17, 15) is 0 Å². The third-order valence-electron chi connectivity index (χ3n) is 3.21. The van der Waals surface area contributed by atoms with Crippen molar-refractivity contribution < 1.29 is 4.58 Å². The summed E-state index contributed by atoms with van der Waals surface area (Å²) in [5, 5.41) is 3.49. The van der Waals surface area contributed by atoms with Gasteiger partial charge in [0.15, 0.2) is 0 Å². The maximum atomic E-state index is 6.11. The molecule has 1 aliphatic heterocycles. The number of aliphatic imine (C=N–C) groups is 1. The minimum absolute atomic E-state index is 0.291. The number of hydrogen-bond donors (Lipinski definition) is 3. The van der Waals surface area contributed by atoms with Crippen molar-refractivity contribution in [2.24, 2.45) is 16.5 Å². The zero-order valence-electron chi connectivity index (χ0n) is 11.2. The van der Waals surface area contributed by atoms with Crippen LogP contribution >= 0.6 is 11.6 Å². The molecule has 1 unspecified atom stereocenters. The fourth-order valence-electron chi connectivity index (χ4n) is 2.30. The van der Waals surface area contributed by atoms with E-state index in [0.29, 0.717) is 16.9 Å². The standard InChI is InChI=1S/C15H14ClN5/c16-11-7-4-8-12(9-11)21-13(10-5-2-1-3-6-10)19-14(17)20-15(21)18/h1-9,13H,(H4,17,18,19,20)/p+1. The number of nitrogens with two attached hydrogens (primary N) is 2. The van der Waals surface area contributed by atoms with Crippen LogP contribution in [0.5, 0.6) is 0 Å². The van der Waals surface area contributed by atoms with E-state index in [-0.39, 0.29) is 6.17 Å². The molecule has 0 aromatic heterocycles.